The molecule has 2 aromatic carbocycles. The highest BCUT2D eigenvalue weighted by Crippen LogP contribution is 2.41. The van der Waals surface area contributed by atoms with Crippen molar-refractivity contribution >= 4 is 5.78 Å². The van der Waals surface area contributed by atoms with Gasteiger partial charge in [0, 0.05) is 38.0 Å². The maximum absolute atomic E-state index is 13.6. The predicted molar refractivity (Wildman–Crippen MR) is 106 cm³/mol. The van der Waals surface area contributed by atoms with Crippen molar-refractivity contribution in [3.05, 3.63) is 41.5 Å². The summed E-state index contributed by atoms with van der Waals surface area (Å²) in [6.45, 7) is 0. The van der Waals surface area contributed by atoms with Gasteiger partial charge < -0.3 is 33.5 Å². The summed E-state index contributed by atoms with van der Waals surface area (Å²) >= 11 is 0. The van der Waals surface area contributed by atoms with Crippen LogP contribution < -0.4 is 18.9 Å². The van der Waals surface area contributed by atoms with Gasteiger partial charge >= 0.3 is 0 Å². The molecule has 0 fully saturated rings. The molecule has 0 amide bonds. The first-order chi connectivity index (χ1) is 13.9. The van der Waals surface area contributed by atoms with E-state index in [1.165, 1.54) is 54.8 Å². The van der Waals surface area contributed by atoms with Crippen molar-refractivity contribution in [2.24, 2.45) is 0 Å². The third-order valence-corrected chi connectivity index (χ3v) is 4.55. The van der Waals surface area contributed by atoms with Crippen molar-refractivity contribution in [1.82, 2.24) is 0 Å². The van der Waals surface area contributed by atoms with Crippen LogP contribution in [0.2, 0.25) is 0 Å². The lowest BCUT2D eigenvalue weighted by atomic mass is 9.88. The molecular weight excluding hydrogens is 380 g/mol. The number of Topliss-reactive ketones (excluding diaryl/α,β-unsaturated/α-hetero) is 1. The van der Waals surface area contributed by atoms with Crippen LogP contribution in [-0.4, -0.2) is 59.8 Å². The van der Waals surface area contributed by atoms with Crippen molar-refractivity contribution in [1.29, 1.82) is 0 Å². The summed E-state index contributed by atoms with van der Waals surface area (Å²) in [4.78, 5) is 13.6. The van der Waals surface area contributed by atoms with Crippen molar-refractivity contribution < 1.29 is 38.3 Å². The summed E-state index contributed by atoms with van der Waals surface area (Å²) in [5, 5.41) is 10.5. The van der Waals surface area contributed by atoms with Crippen LogP contribution in [0, 0.1) is 0 Å². The highest BCUT2D eigenvalue weighted by Gasteiger charge is 2.36. The maximum Gasteiger partial charge on any atom is 0.183 e. The molecule has 0 aliphatic carbocycles. The summed E-state index contributed by atoms with van der Waals surface area (Å²) in [5.74, 6) is -0.227. The number of ketones is 1. The summed E-state index contributed by atoms with van der Waals surface area (Å²) in [7, 11) is 8.72. The molecule has 0 saturated heterocycles. The quantitative estimate of drug-likeness (QED) is 0.476. The van der Waals surface area contributed by atoms with Gasteiger partial charge in [-0.3, -0.25) is 4.79 Å². The molecule has 0 spiro atoms. The molecule has 1 atom stereocenters. The van der Waals surface area contributed by atoms with E-state index in [0.717, 1.165) is 0 Å². The summed E-state index contributed by atoms with van der Waals surface area (Å²) in [6, 6.07) is 7.91. The highest BCUT2D eigenvalue weighted by atomic mass is 16.7. The third-order valence-electron chi connectivity index (χ3n) is 4.55. The largest absolute Gasteiger partial charge is 0.507 e. The van der Waals surface area contributed by atoms with E-state index in [2.05, 4.69) is 0 Å². The zero-order valence-electron chi connectivity index (χ0n) is 17.3. The molecule has 0 radical (unpaired) electrons. The Bertz CT molecular complexity index is 845. The van der Waals surface area contributed by atoms with Crippen molar-refractivity contribution in [2.45, 2.75) is 12.2 Å². The number of carbonyl (C=O) groups is 1. The van der Waals surface area contributed by atoms with Gasteiger partial charge in [0.15, 0.2) is 12.1 Å². The molecule has 2 aromatic rings. The van der Waals surface area contributed by atoms with Gasteiger partial charge in [-0.25, -0.2) is 0 Å². The fourth-order valence-corrected chi connectivity index (χ4v) is 3.11. The average molecular weight is 406 g/mol. The number of rotatable bonds is 10. The molecule has 1 unspecified atom stereocenters. The van der Waals surface area contributed by atoms with Crippen LogP contribution in [0.3, 0.4) is 0 Å². The molecule has 2 rings (SSSR count). The Morgan fingerprint density at radius 1 is 0.793 bits per heavy atom. The van der Waals surface area contributed by atoms with Gasteiger partial charge in [0.2, 0.25) is 0 Å². The van der Waals surface area contributed by atoms with Crippen LogP contribution in [0.25, 0.3) is 0 Å². The first-order valence-corrected chi connectivity index (χ1v) is 8.72. The van der Waals surface area contributed by atoms with Crippen LogP contribution in [-0.2, 0) is 9.47 Å². The SMILES string of the molecule is COc1ccc(C(C(=O)c2c(O)cc(OC)cc2OC)C(OC)OC)c(OC)c1. The molecule has 0 heterocycles. The molecule has 0 aliphatic heterocycles. The molecule has 0 saturated carbocycles. The second kappa shape index (κ2) is 9.99. The Balaban J connectivity index is 2.68. The zero-order chi connectivity index (χ0) is 21.6. The summed E-state index contributed by atoms with van der Waals surface area (Å²) in [6.07, 6.45) is -0.948. The number of phenolic OH excluding ortho intramolecular Hbond substituents is 1. The minimum atomic E-state index is -0.959. The van der Waals surface area contributed by atoms with E-state index in [1.54, 1.807) is 18.2 Å². The molecular formula is C21H26O8. The van der Waals surface area contributed by atoms with Crippen LogP contribution in [0.5, 0.6) is 28.7 Å². The zero-order valence-corrected chi connectivity index (χ0v) is 17.3. The van der Waals surface area contributed by atoms with E-state index in [4.69, 9.17) is 28.4 Å². The predicted octanol–water partition coefficient (Wildman–Crippen LogP) is 3.01. The van der Waals surface area contributed by atoms with Gasteiger partial charge in [0.05, 0.1) is 28.4 Å². The number of hydrogen-bond donors (Lipinski definition) is 1. The first-order valence-electron chi connectivity index (χ1n) is 8.72. The van der Waals surface area contributed by atoms with Gasteiger partial charge in [-0.2, -0.15) is 0 Å². The molecule has 0 aliphatic rings. The van der Waals surface area contributed by atoms with Crippen LogP contribution >= 0.6 is 0 Å². The Morgan fingerprint density at radius 3 is 1.90 bits per heavy atom. The minimum absolute atomic E-state index is 0.0183. The van der Waals surface area contributed by atoms with Gasteiger partial charge in [0.1, 0.15) is 40.2 Å². The van der Waals surface area contributed by atoms with Gasteiger partial charge in [-0.05, 0) is 6.07 Å². The number of benzene rings is 2. The second-order valence-corrected chi connectivity index (χ2v) is 6.01. The normalized spacial score (nSPS) is 11.8. The fraction of sp³-hybridized carbons (Fsp3) is 0.381. The monoisotopic (exact) mass is 406 g/mol. The van der Waals surface area contributed by atoms with E-state index in [0.29, 0.717) is 22.8 Å². The standard InChI is InChI=1S/C21H26O8/c1-24-12-7-8-14(16(10-12)26-3)18(21(28-5)29-6)20(23)19-15(22)9-13(25-2)11-17(19)27-4/h7-11,18,21-22H,1-6H3. The fourth-order valence-electron chi connectivity index (χ4n) is 3.11. The minimum Gasteiger partial charge on any atom is -0.507 e. The third kappa shape index (κ3) is 4.55. The van der Waals surface area contributed by atoms with Crippen LogP contribution in [0.1, 0.15) is 21.8 Å². The summed E-state index contributed by atoms with van der Waals surface area (Å²) in [5.41, 5.74) is 0.486. The number of aromatic hydroxyl groups is 1. The molecule has 0 aromatic heterocycles. The summed E-state index contributed by atoms with van der Waals surface area (Å²) < 4.78 is 31.9. The number of phenols is 1. The topological polar surface area (TPSA) is 92.7 Å². The Kier molecular flexibility index (Phi) is 7.69. The number of hydrogen-bond acceptors (Lipinski definition) is 8. The number of ether oxygens (including phenoxy) is 6. The average Bonchev–Trinajstić information content (AvgIpc) is 2.75. The Labute approximate surface area is 169 Å². The lowest BCUT2D eigenvalue weighted by molar-refractivity contribution is -0.110. The van der Waals surface area contributed by atoms with E-state index >= 15 is 0 Å². The van der Waals surface area contributed by atoms with Crippen molar-refractivity contribution in [2.75, 3.05) is 42.7 Å². The van der Waals surface area contributed by atoms with Gasteiger partial charge in [0.25, 0.3) is 0 Å². The molecule has 1 N–H and O–H groups in total. The lowest BCUT2D eigenvalue weighted by Crippen LogP contribution is -2.30. The molecule has 8 nitrogen and oxygen atoms in total. The van der Waals surface area contributed by atoms with Crippen LogP contribution in [0.4, 0.5) is 0 Å². The van der Waals surface area contributed by atoms with E-state index < -0.39 is 18.0 Å². The Morgan fingerprint density at radius 2 is 1.38 bits per heavy atom. The Hall–Kier alpha value is -2.97. The molecule has 0 bridgehead atoms. The maximum atomic E-state index is 13.6. The second-order valence-electron chi connectivity index (χ2n) is 6.01. The molecule has 8 heteroatoms. The van der Waals surface area contributed by atoms with Gasteiger partial charge in [-0.1, -0.05) is 6.07 Å². The first kappa shape index (κ1) is 22.3. The van der Waals surface area contributed by atoms with Crippen molar-refractivity contribution in [3.63, 3.8) is 0 Å². The van der Waals surface area contributed by atoms with E-state index in [9.17, 15) is 9.90 Å². The number of methoxy groups -OCH3 is 6. The highest BCUT2D eigenvalue weighted by molar-refractivity contribution is 6.06. The van der Waals surface area contributed by atoms with Gasteiger partial charge in [-0.15, -0.1) is 0 Å². The van der Waals surface area contributed by atoms with Crippen molar-refractivity contribution in [3.8, 4) is 28.7 Å². The lowest BCUT2D eigenvalue weighted by Gasteiger charge is -2.26. The molecule has 158 valence electrons. The molecule has 29 heavy (non-hydrogen) atoms. The number of carbonyl (C=O) groups excluding carboxylic acids is 1. The van der Waals surface area contributed by atoms with Crippen LogP contribution in [0.15, 0.2) is 30.3 Å². The van der Waals surface area contributed by atoms with E-state index in [-0.39, 0.29) is 17.1 Å². The van der Waals surface area contributed by atoms with E-state index in [1.807, 2.05) is 0 Å². The smallest absolute Gasteiger partial charge is 0.183 e.